The average molecular weight is 278 g/mol. The van der Waals surface area contributed by atoms with Gasteiger partial charge in [0, 0.05) is 6.04 Å². The van der Waals surface area contributed by atoms with Crippen LogP contribution in [0.5, 0.6) is 5.75 Å². The zero-order chi connectivity index (χ0) is 13.4. The third-order valence-corrected chi connectivity index (χ3v) is 4.54. The number of thioether (sulfide) groups is 1. The molecular weight excluding hydrogens is 264 g/mol. The Balaban J connectivity index is 2.27. The van der Waals surface area contributed by atoms with E-state index in [0.29, 0.717) is 5.52 Å². The molecule has 2 aromatic rings. The predicted molar refractivity (Wildman–Crippen MR) is 76.1 cm³/mol. The number of hydrogen-bond acceptors (Lipinski definition) is 4. The molecule has 2 heterocycles. The summed E-state index contributed by atoms with van der Waals surface area (Å²) in [5.41, 5.74) is -0.398. The minimum absolute atomic E-state index is 0.0680. The van der Waals surface area contributed by atoms with Crippen LogP contribution in [-0.2, 0) is 0 Å². The summed E-state index contributed by atoms with van der Waals surface area (Å²) in [5, 5.41) is 10.0. The summed E-state index contributed by atoms with van der Waals surface area (Å²) in [6.07, 6.45) is 1.62. The van der Waals surface area contributed by atoms with Gasteiger partial charge in [-0.1, -0.05) is 6.07 Å². The summed E-state index contributed by atoms with van der Waals surface area (Å²) in [6.45, 7) is 0. The average Bonchev–Trinajstić information content (AvgIpc) is 2.39. The van der Waals surface area contributed by atoms with Crippen molar-refractivity contribution in [3.63, 3.8) is 0 Å². The van der Waals surface area contributed by atoms with Gasteiger partial charge in [-0.05, 0) is 36.5 Å². The number of fused-ring (bicyclic) bond motifs is 1. The summed E-state index contributed by atoms with van der Waals surface area (Å²) >= 11 is 1.83. The minimum atomic E-state index is -0.395. The Hall–Kier alpha value is -1.69. The highest BCUT2D eigenvalue weighted by Crippen LogP contribution is 2.26. The molecule has 0 bridgehead atoms. The summed E-state index contributed by atoms with van der Waals surface area (Å²) < 4.78 is 1.27. The van der Waals surface area contributed by atoms with Gasteiger partial charge in [-0.2, -0.15) is 11.8 Å². The largest absolute Gasteiger partial charge is 0.507 e. The fourth-order valence-electron chi connectivity index (χ4n) is 2.53. The van der Waals surface area contributed by atoms with Crippen LogP contribution in [0.3, 0.4) is 0 Å². The number of hydrogen-bond donors (Lipinski definition) is 2. The Bertz CT molecular complexity index is 729. The van der Waals surface area contributed by atoms with Crippen molar-refractivity contribution in [2.45, 2.75) is 18.9 Å². The van der Waals surface area contributed by atoms with Crippen molar-refractivity contribution >= 4 is 22.7 Å². The Labute approximate surface area is 113 Å². The second-order valence-corrected chi connectivity index (χ2v) is 5.87. The normalized spacial score (nSPS) is 16.8. The van der Waals surface area contributed by atoms with Gasteiger partial charge in [0.15, 0.2) is 0 Å². The number of aromatic amines is 1. The molecule has 6 heteroatoms. The molecule has 0 aliphatic carbocycles. The Morgan fingerprint density at radius 2 is 2.00 bits per heavy atom. The Morgan fingerprint density at radius 1 is 1.26 bits per heavy atom. The van der Waals surface area contributed by atoms with E-state index in [4.69, 9.17) is 0 Å². The second kappa shape index (κ2) is 4.77. The van der Waals surface area contributed by atoms with Crippen LogP contribution in [0.1, 0.15) is 18.9 Å². The third kappa shape index (κ3) is 2.06. The molecular formula is C13H14N2O3S. The van der Waals surface area contributed by atoms with Gasteiger partial charge in [0.1, 0.15) is 11.1 Å². The van der Waals surface area contributed by atoms with E-state index in [0.717, 1.165) is 24.3 Å². The molecule has 1 aliphatic heterocycles. The van der Waals surface area contributed by atoms with Crippen LogP contribution in [0.15, 0.2) is 27.8 Å². The molecule has 5 nitrogen and oxygen atoms in total. The van der Waals surface area contributed by atoms with E-state index in [9.17, 15) is 14.7 Å². The Kier molecular flexibility index (Phi) is 3.10. The molecule has 3 rings (SSSR count). The summed E-state index contributed by atoms with van der Waals surface area (Å²) in [7, 11) is 0. The molecule has 1 saturated heterocycles. The Morgan fingerprint density at radius 3 is 2.74 bits per heavy atom. The zero-order valence-corrected chi connectivity index (χ0v) is 11.1. The molecule has 1 fully saturated rings. The van der Waals surface area contributed by atoms with E-state index in [1.165, 1.54) is 10.6 Å². The van der Waals surface area contributed by atoms with E-state index in [1.807, 2.05) is 11.8 Å². The smallest absolute Gasteiger partial charge is 0.329 e. The van der Waals surface area contributed by atoms with Gasteiger partial charge in [0.05, 0.1) is 5.52 Å². The van der Waals surface area contributed by atoms with Gasteiger partial charge in [0.2, 0.25) is 0 Å². The SMILES string of the molecule is O=c1[nH]c2cccc(O)c2c(=O)n1C1CCSCC1. The number of nitrogens with zero attached hydrogens (tertiary/aromatic N) is 1. The molecule has 0 spiro atoms. The minimum Gasteiger partial charge on any atom is -0.507 e. The van der Waals surface area contributed by atoms with Crippen LogP contribution in [0.25, 0.3) is 10.9 Å². The quantitative estimate of drug-likeness (QED) is 0.828. The summed E-state index contributed by atoms with van der Waals surface area (Å²) in [6, 6.07) is 4.62. The topological polar surface area (TPSA) is 75.1 Å². The zero-order valence-electron chi connectivity index (χ0n) is 10.3. The van der Waals surface area contributed by atoms with Crippen LogP contribution in [0.4, 0.5) is 0 Å². The highest BCUT2D eigenvalue weighted by Gasteiger charge is 2.21. The van der Waals surface area contributed by atoms with Crippen LogP contribution >= 0.6 is 11.8 Å². The van der Waals surface area contributed by atoms with Gasteiger partial charge in [-0.15, -0.1) is 0 Å². The maximum absolute atomic E-state index is 12.4. The fraction of sp³-hybridized carbons (Fsp3) is 0.385. The summed E-state index contributed by atoms with van der Waals surface area (Å²) in [4.78, 5) is 27.2. The first-order valence-corrected chi connectivity index (χ1v) is 7.38. The van der Waals surface area contributed by atoms with Gasteiger partial charge >= 0.3 is 5.69 Å². The first kappa shape index (κ1) is 12.3. The number of rotatable bonds is 1. The van der Waals surface area contributed by atoms with Crippen LogP contribution in [-0.4, -0.2) is 26.2 Å². The highest BCUT2D eigenvalue weighted by molar-refractivity contribution is 7.99. The van der Waals surface area contributed by atoms with Crippen molar-refractivity contribution in [1.29, 1.82) is 0 Å². The fourth-order valence-corrected chi connectivity index (χ4v) is 3.61. The van der Waals surface area contributed by atoms with Crippen molar-refractivity contribution in [3.8, 4) is 5.75 Å². The number of aromatic hydroxyl groups is 1. The molecule has 0 unspecified atom stereocenters. The van der Waals surface area contributed by atoms with Crippen LogP contribution in [0.2, 0.25) is 0 Å². The van der Waals surface area contributed by atoms with Gasteiger partial charge < -0.3 is 10.1 Å². The number of nitrogens with one attached hydrogen (secondary N) is 1. The van der Waals surface area contributed by atoms with Gasteiger partial charge in [0.25, 0.3) is 5.56 Å². The first-order chi connectivity index (χ1) is 9.18. The van der Waals surface area contributed by atoms with Crippen molar-refractivity contribution in [2.75, 3.05) is 11.5 Å². The first-order valence-electron chi connectivity index (χ1n) is 6.23. The molecule has 100 valence electrons. The maximum Gasteiger partial charge on any atom is 0.329 e. The van der Waals surface area contributed by atoms with Crippen molar-refractivity contribution < 1.29 is 5.11 Å². The molecule has 19 heavy (non-hydrogen) atoms. The third-order valence-electron chi connectivity index (χ3n) is 3.49. The lowest BCUT2D eigenvalue weighted by atomic mass is 10.1. The molecule has 0 saturated carbocycles. The van der Waals surface area contributed by atoms with Gasteiger partial charge in [-0.3, -0.25) is 9.36 Å². The van der Waals surface area contributed by atoms with Crippen molar-refractivity contribution in [2.24, 2.45) is 0 Å². The standard InChI is InChI=1S/C13H14N2O3S/c16-10-3-1-2-9-11(10)12(17)15(13(18)14-9)8-4-6-19-7-5-8/h1-3,8,16H,4-7H2,(H,14,18). The lowest BCUT2D eigenvalue weighted by Gasteiger charge is -2.22. The number of phenolic OH excluding ortho intramolecular Hbond substituents is 1. The van der Waals surface area contributed by atoms with Crippen LogP contribution < -0.4 is 11.2 Å². The van der Waals surface area contributed by atoms with E-state index < -0.39 is 5.56 Å². The van der Waals surface area contributed by atoms with Gasteiger partial charge in [-0.25, -0.2) is 4.79 Å². The lowest BCUT2D eigenvalue weighted by Crippen LogP contribution is -2.39. The molecule has 0 amide bonds. The molecule has 1 aromatic heterocycles. The summed E-state index contributed by atoms with van der Waals surface area (Å²) in [5.74, 6) is 1.82. The highest BCUT2D eigenvalue weighted by atomic mass is 32.2. The number of aromatic nitrogens is 2. The molecule has 1 aliphatic rings. The molecule has 1 aromatic carbocycles. The van der Waals surface area contributed by atoms with Crippen molar-refractivity contribution in [3.05, 3.63) is 39.0 Å². The monoisotopic (exact) mass is 278 g/mol. The van der Waals surface area contributed by atoms with Crippen molar-refractivity contribution in [1.82, 2.24) is 9.55 Å². The van der Waals surface area contributed by atoms with E-state index in [1.54, 1.807) is 12.1 Å². The van der Waals surface area contributed by atoms with E-state index in [-0.39, 0.29) is 22.9 Å². The molecule has 0 atom stereocenters. The number of benzene rings is 1. The number of phenols is 1. The second-order valence-electron chi connectivity index (χ2n) is 4.65. The molecule has 2 N–H and O–H groups in total. The predicted octanol–water partition coefficient (Wildman–Crippen LogP) is 1.46. The maximum atomic E-state index is 12.4. The lowest BCUT2D eigenvalue weighted by molar-refractivity contribution is 0.438. The van der Waals surface area contributed by atoms with E-state index in [2.05, 4.69) is 4.98 Å². The van der Waals surface area contributed by atoms with Crippen LogP contribution in [0, 0.1) is 0 Å². The van der Waals surface area contributed by atoms with E-state index >= 15 is 0 Å². The molecule has 0 radical (unpaired) electrons. The number of H-pyrrole nitrogens is 1.